The molecule has 2 saturated heterocycles. The smallest absolute Gasteiger partial charge is 0.218 e. The fourth-order valence-corrected chi connectivity index (χ4v) is 6.02. The summed E-state index contributed by atoms with van der Waals surface area (Å²) in [6.07, 6.45) is 0. The lowest BCUT2D eigenvalue weighted by molar-refractivity contribution is 0.289. The molecule has 2 aliphatic heterocycles. The first kappa shape index (κ1) is 18.0. The first-order valence-electron chi connectivity index (χ1n) is 8.98. The minimum absolute atomic E-state index is 0.0967. The Hall–Kier alpha value is -1.40. The van der Waals surface area contributed by atoms with Crippen LogP contribution in [0.3, 0.4) is 0 Å². The Morgan fingerprint density at radius 2 is 1.54 bits per heavy atom. The Kier molecular flexibility index (Phi) is 5.06. The molecular formula is C20H23ClN2O2S. The lowest BCUT2D eigenvalue weighted by Gasteiger charge is -2.21. The molecule has 2 heterocycles. The summed E-state index contributed by atoms with van der Waals surface area (Å²) >= 11 is 6.07. The first-order valence-corrected chi connectivity index (χ1v) is 11.0. The number of hydrogen-bond acceptors (Lipinski definition) is 3. The number of likely N-dealkylation sites (tertiary alicyclic amines) is 1. The van der Waals surface area contributed by atoms with E-state index in [2.05, 4.69) is 11.0 Å². The van der Waals surface area contributed by atoms with Gasteiger partial charge in [-0.25, -0.2) is 12.7 Å². The van der Waals surface area contributed by atoms with E-state index in [1.165, 1.54) is 5.56 Å². The summed E-state index contributed by atoms with van der Waals surface area (Å²) in [6, 6.07) is 17.4. The maximum absolute atomic E-state index is 12.7. The number of fused-ring (bicyclic) bond motifs is 1. The van der Waals surface area contributed by atoms with Crippen molar-refractivity contribution in [2.75, 3.05) is 26.2 Å². The summed E-state index contributed by atoms with van der Waals surface area (Å²) in [6.45, 7) is 4.07. The molecule has 0 aliphatic carbocycles. The minimum Gasteiger partial charge on any atom is -0.298 e. The quantitative estimate of drug-likeness (QED) is 0.786. The van der Waals surface area contributed by atoms with Crippen molar-refractivity contribution in [2.45, 2.75) is 12.3 Å². The van der Waals surface area contributed by atoms with Crippen molar-refractivity contribution in [1.82, 2.24) is 9.21 Å². The van der Waals surface area contributed by atoms with Gasteiger partial charge in [0.15, 0.2) is 0 Å². The van der Waals surface area contributed by atoms with E-state index in [-0.39, 0.29) is 5.75 Å². The van der Waals surface area contributed by atoms with Crippen molar-refractivity contribution in [3.05, 3.63) is 70.7 Å². The van der Waals surface area contributed by atoms with Crippen LogP contribution in [0.5, 0.6) is 0 Å². The topological polar surface area (TPSA) is 40.6 Å². The van der Waals surface area contributed by atoms with Crippen LogP contribution in [0.4, 0.5) is 0 Å². The van der Waals surface area contributed by atoms with E-state index in [0.717, 1.165) is 30.2 Å². The second-order valence-corrected chi connectivity index (χ2v) is 9.81. The lowest BCUT2D eigenvalue weighted by Crippen LogP contribution is -2.34. The fourth-order valence-electron chi connectivity index (χ4n) is 4.17. The number of benzene rings is 2. The van der Waals surface area contributed by atoms with Gasteiger partial charge in [-0.1, -0.05) is 54.1 Å². The van der Waals surface area contributed by atoms with E-state index in [1.807, 2.05) is 48.5 Å². The molecule has 2 fully saturated rings. The molecule has 138 valence electrons. The predicted molar refractivity (Wildman–Crippen MR) is 104 cm³/mol. The zero-order valence-electron chi connectivity index (χ0n) is 14.6. The van der Waals surface area contributed by atoms with Crippen LogP contribution in [-0.2, 0) is 22.3 Å². The molecule has 2 aliphatic rings. The average Bonchev–Trinajstić information content (AvgIpc) is 3.14. The molecule has 26 heavy (non-hydrogen) atoms. The summed E-state index contributed by atoms with van der Waals surface area (Å²) in [4.78, 5) is 2.42. The highest BCUT2D eigenvalue weighted by Crippen LogP contribution is 2.34. The van der Waals surface area contributed by atoms with Crippen LogP contribution in [-0.4, -0.2) is 43.8 Å². The molecule has 0 amide bonds. The number of halogens is 1. The Labute approximate surface area is 160 Å². The van der Waals surface area contributed by atoms with Crippen LogP contribution >= 0.6 is 11.6 Å². The summed E-state index contributed by atoms with van der Waals surface area (Å²) in [5.41, 5.74) is 2.07. The molecule has 6 heteroatoms. The molecule has 0 radical (unpaired) electrons. The van der Waals surface area contributed by atoms with Crippen molar-refractivity contribution in [1.29, 1.82) is 0 Å². The van der Waals surface area contributed by atoms with E-state index in [0.29, 0.717) is 24.9 Å². The maximum atomic E-state index is 12.7. The van der Waals surface area contributed by atoms with Gasteiger partial charge >= 0.3 is 0 Å². The third-order valence-corrected chi connectivity index (χ3v) is 7.43. The normalized spacial score (nSPS) is 24.0. The molecule has 0 saturated carbocycles. The second-order valence-electron chi connectivity index (χ2n) is 7.40. The zero-order valence-corrected chi connectivity index (χ0v) is 16.2. The van der Waals surface area contributed by atoms with Crippen molar-refractivity contribution in [2.24, 2.45) is 11.8 Å². The molecule has 0 spiro atoms. The van der Waals surface area contributed by atoms with Crippen molar-refractivity contribution >= 4 is 21.6 Å². The molecule has 0 unspecified atom stereocenters. The van der Waals surface area contributed by atoms with E-state index in [4.69, 9.17) is 11.6 Å². The van der Waals surface area contributed by atoms with Crippen molar-refractivity contribution < 1.29 is 8.42 Å². The molecule has 2 aromatic rings. The van der Waals surface area contributed by atoms with Gasteiger partial charge in [0, 0.05) is 37.7 Å². The molecule has 4 rings (SSSR count). The van der Waals surface area contributed by atoms with Gasteiger partial charge in [0.25, 0.3) is 0 Å². The summed E-state index contributed by atoms with van der Waals surface area (Å²) in [7, 11) is -3.24. The largest absolute Gasteiger partial charge is 0.298 e. The van der Waals surface area contributed by atoms with Gasteiger partial charge in [0.1, 0.15) is 0 Å². The molecule has 0 bridgehead atoms. The Morgan fingerprint density at radius 1 is 0.885 bits per heavy atom. The van der Waals surface area contributed by atoms with Crippen molar-refractivity contribution in [3.63, 3.8) is 0 Å². The Balaban J connectivity index is 1.36. The summed E-state index contributed by atoms with van der Waals surface area (Å²) in [5, 5.41) is 0.764. The van der Waals surface area contributed by atoms with Crippen LogP contribution < -0.4 is 0 Å². The highest BCUT2D eigenvalue weighted by molar-refractivity contribution is 7.88. The van der Waals surface area contributed by atoms with Gasteiger partial charge in [-0.15, -0.1) is 0 Å². The van der Waals surface area contributed by atoms with Crippen LogP contribution in [0.25, 0.3) is 0 Å². The van der Waals surface area contributed by atoms with Gasteiger partial charge in [-0.2, -0.15) is 0 Å². The monoisotopic (exact) mass is 390 g/mol. The second kappa shape index (κ2) is 7.31. The van der Waals surface area contributed by atoms with E-state index < -0.39 is 10.0 Å². The van der Waals surface area contributed by atoms with Crippen molar-refractivity contribution in [3.8, 4) is 0 Å². The SMILES string of the molecule is O=S(=O)(Cc1ccccc1)N1C[C@@H]2CN(Cc3cccc(Cl)c3)C[C@H]2C1. The molecule has 0 aromatic heterocycles. The van der Waals surface area contributed by atoms with Gasteiger partial charge in [-0.3, -0.25) is 4.90 Å². The third kappa shape index (κ3) is 3.96. The fraction of sp³-hybridized carbons (Fsp3) is 0.400. The van der Waals surface area contributed by atoms with Gasteiger partial charge in [-0.05, 0) is 35.1 Å². The minimum atomic E-state index is -3.24. The first-order chi connectivity index (χ1) is 12.5. The molecular weight excluding hydrogens is 368 g/mol. The number of hydrogen-bond donors (Lipinski definition) is 0. The van der Waals surface area contributed by atoms with Gasteiger partial charge in [0.2, 0.25) is 10.0 Å². The van der Waals surface area contributed by atoms with Crippen LogP contribution in [0, 0.1) is 11.8 Å². The number of sulfonamides is 1. The van der Waals surface area contributed by atoms with Crippen LogP contribution in [0.15, 0.2) is 54.6 Å². The number of nitrogens with zero attached hydrogens (tertiary/aromatic N) is 2. The molecule has 0 N–H and O–H groups in total. The van der Waals surface area contributed by atoms with E-state index in [9.17, 15) is 8.42 Å². The standard InChI is InChI=1S/C20H23ClN2O2S/c21-20-8-4-7-17(9-20)10-22-11-18-13-23(14-19(18)12-22)26(24,25)15-16-5-2-1-3-6-16/h1-9,18-19H,10-15H2/t18-,19-/m0/s1. The summed E-state index contributed by atoms with van der Waals surface area (Å²) < 4.78 is 27.2. The van der Waals surface area contributed by atoms with Crippen LogP contribution in [0.2, 0.25) is 5.02 Å². The van der Waals surface area contributed by atoms with E-state index in [1.54, 1.807) is 4.31 Å². The third-order valence-electron chi connectivity index (χ3n) is 5.41. The molecule has 2 aromatic carbocycles. The Morgan fingerprint density at radius 3 is 2.19 bits per heavy atom. The van der Waals surface area contributed by atoms with Gasteiger partial charge < -0.3 is 0 Å². The maximum Gasteiger partial charge on any atom is 0.218 e. The Bertz CT molecular complexity index is 858. The highest BCUT2D eigenvalue weighted by Gasteiger charge is 2.43. The van der Waals surface area contributed by atoms with E-state index >= 15 is 0 Å². The van der Waals surface area contributed by atoms with Crippen LogP contribution in [0.1, 0.15) is 11.1 Å². The summed E-state index contributed by atoms with van der Waals surface area (Å²) in [5.74, 6) is 0.957. The zero-order chi connectivity index (χ0) is 18.1. The number of rotatable bonds is 5. The lowest BCUT2D eigenvalue weighted by atomic mass is 10.0. The average molecular weight is 391 g/mol. The van der Waals surface area contributed by atoms with Gasteiger partial charge in [0.05, 0.1) is 5.75 Å². The highest BCUT2D eigenvalue weighted by atomic mass is 35.5. The molecule has 4 nitrogen and oxygen atoms in total. The predicted octanol–water partition coefficient (Wildman–Crippen LogP) is 3.23. The molecule has 2 atom stereocenters.